The number of hydrogen-bond acceptors (Lipinski definition) is 2. The molecule has 2 nitrogen and oxygen atoms in total. The lowest BCUT2D eigenvalue weighted by atomic mass is 9.79. The Morgan fingerprint density at radius 1 is 1.17 bits per heavy atom. The number of halogens is 3. The summed E-state index contributed by atoms with van der Waals surface area (Å²) in [5, 5.41) is 9.04. The van der Waals surface area contributed by atoms with Crippen molar-refractivity contribution in [1.82, 2.24) is 4.98 Å². The molecule has 1 aromatic rings. The van der Waals surface area contributed by atoms with E-state index in [0.717, 1.165) is 37.3 Å². The number of aliphatic hydroxyl groups is 1. The maximum atomic E-state index is 12.4. The summed E-state index contributed by atoms with van der Waals surface area (Å²) < 4.78 is 37.1. The molecule has 0 bridgehead atoms. The van der Waals surface area contributed by atoms with Gasteiger partial charge in [0.25, 0.3) is 0 Å². The Kier molecular flexibility index (Phi) is 3.90. The molecule has 0 saturated heterocycles. The van der Waals surface area contributed by atoms with E-state index in [-0.39, 0.29) is 12.5 Å². The van der Waals surface area contributed by atoms with Crippen molar-refractivity contribution in [3.8, 4) is 0 Å². The van der Waals surface area contributed by atoms with Crippen LogP contribution in [0.4, 0.5) is 13.2 Å². The molecular formula is C13H16F3NO. The van der Waals surface area contributed by atoms with Crippen molar-refractivity contribution in [2.24, 2.45) is 5.92 Å². The third kappa shape index (κ3) is 3.02. The van der Waals surface area contributed by atoms with Crippen molar-refractivity contribution < 1.29 is 18.3 Å². The summed E-state index contributed by atoms with van der Waals surface area (Å²) in [5.41, 5.74) is 0.0367. The summed E-state index contributed by atoms with van der Waals surface area (Å²) >= 11 is 0. The Bertz CT molecular complexity index is 380. The van der Waals surface area contributed by atoms with E-state index in [9.17, 15) is 13.2 Å². The van der Waals surface area contributed by atoms with Gasteiger partial charge >= 0.3 is 6.18 Å². The van der Waals surface area contributed by atoms with E-state index < -0.39 is 11.9 Å². The number of aliphatic hydroxyl groups excluding tert-OH is 1. The Morgan fingerprint density at radius 3 is 2.28 bits per heavy atom. The first-order valence-electron chi connectivity index (χ1n) is 6.14. The average molecular weight is 259 g/mol. The first-order chi connectivity index (χ1) is 8.50. The van der Waals surface area contributed by atoms with Gasteiger partial charge in [0.1, 0.15) is 5.69 Å². The molecule has 1 aromatic heterocycles. The van der Waals surface area contributed by atoms with Crippen LogP contribution in [0.2, 0.25) is 0 Å². The van der Waals surface area contributed by atoms with E-state index >= 15 is 0 Å². The molecule has 0 aromatic carbocycles. The highest BCUT2D eigenvalue weighted by Gasteiger charge is 2.32. The first kappa shape index (κ1) is 13.3. The number of alkyl halides is 3. The molecule has 0 spiro atoms. The highest BCUT2D eigenvalue weighted by atomic mass is 19.4. The van der Waals surface area contributed by atoms with Crippen molar-refractivity contribution in [1.29, 1.82) is 0 Å². The van der Waals surface area contributed by atoms with Gasteiger partial charge in [-0.2, -0.15) is 13.2 Å². The van der Waals surface area contributed by atoms with Gasteiger partial charge in [-0.15, -0.1) is 0 Å². The molecular weight excluding hydrogens is 243 g/mol. The van der Waals surface area contributed by atoms with Gasteiger partial charge in [-0.05, 0) is 49.1 Å². The highest BCUT2D eigenvalue weighted by molar-refractivity contribution is 5.20. The van der Waals surface area contributed by atoms with E-state index in [1.165, 1.54) is 12.3 Å². The third-order valence-corrected chi connectivity index (χ3v) is 3.65. The second kappa shape index (κ2) is 5.26. The average Bonchev–Trinajstić information content (AvgIpc) is 2.38. The van der Waals surface area contributed by atoms with Crippen molar-refractivity contribution >= 4 is 0 Å². The number of pyridine rings is 1. The fourth-order valence-electron chi connectivity index (χ4n) is 2.49. The van der Waals surface area contributed by atoms with Crippen LogP contribution in [-0.4, -0.2) is 16.7 Å². The summed E-state index contributed by atoms with van der Waals surface area (Å²) in [5.74, 6) is 0.631. The van der Waals surface area contributed by atoms with Gasteiger partial charge in [0, 0.05) is 12.8 Å². The van der Waals surface area contributed by atoms with Crippen LogP contribution < -0.4 is 0 Å². The minimum Gasteiger partial charge on any atom is -0.396 e. The smallest absolute Gasteiger partial charge is 0.396 e. The normalized spacial score (nSPS) is 25.1. The predicted molar refractivity (Wildman–Crippen MR) is 61.0 cm³/mol. The first-order valence-corrected chi connectivity index (χ1v) is 6.14. The van der Waals surface area contributed by atoms with Crippen molar-refractivity contribution in [3.63, 3.8) is 0 Å². The SMILES string of the molecule is OCC1CCC(c2ccc(C(F)(F)F)nc2)CC1. The van der Waals surface area contributed by atoms with Crippen LogP contribution in [-0.2, 0) is 6.18 Å². The molecule has 5 heteroatoms. The second-order valence-corrected chi connectivity index (χ2v) is 4.87. The van der Waals surface area contributed by atoms with Gasteiger partial charge in [0.15, 0.2) is 0 Å². The van der Waals surface area contributed by atoms with Crippen LogP contribution in [0.15, 0.2) is 18.3 Å². The minimum atomic E-state index is -4.37. The summed E-state index contributed by atoms with van der Waals surface area (Å²) in [7, 11) is 0. The van der Waals surface area contributed by atoms with Crippen molar-refractivity contribution in [2.45, 2.75) is 37.8 Å². The van der Waals surface area contributed by atoms with Gasteiger partial charge in [0.2, 0.25) is 0 Å². The molecule has 0 unspecified atom stereocenters. The Hall–Kier alpha value is -1.10. The predicted octanol–water partition coefficient (Wildman–Crippen LogP) is 3.37. The standard InChI is InChI=1S/C13H16F3NO/c14-13(15,16)12-6-5-11(7-17-12)10-3-1-9(8-18)2-4-10/h5-7,9-10,18H,1-4,8H2. The maximum Gasteiger partial charge on any atom is 0.433 e. The Balaban J connectivity index is 2.02. The van der Waals surface area contributed by atoms with Crippen LogP contribution in [0.5, 0.6) is 0 Å². The van der Waals surface area contributed by atoms with Gasteiger partial charge in [0.05, 0.1) is 0 Å². The lowest BCUT2D eigenvalue weighted by Crippen LogP contribution is -2.16. The molecule has 0 atom stereocenters. The van der Waals surface area contributed by atoms with Crippen LogP contribution in [0.25, 0.3) is 0 Å². The third-order valence-electron chi connectivity index (χ3n) is 3.65. The van der Waals surface area contributed by atoms with E-state index in [0.29, 0.717) is 5.92 Å². The number of rotatable bonds is 2. The number of hydrogen-bond donors (Lipinski definition) is 1. The van der Waals surface area contributed by atoms with Gasteiger partial charge in [-0.1, -0.05) is 6.07 Å². The molecule has 1 heterocycles. The monoisotopic (exact) mass is 259 g/mol. The molecule has 1 aliphatic rings. The van der Waals surface area contributed by atoms with Gasteiger partial charge < -0.3 is 5.11 Å². The van der Waals surface area contributed by atoms with Gasteiger partial charge in [-0.3, -0.25) is 4.98 Å². The molecule has 18 heavy (non-hydrogen) atoms. The summed E-state index contributed by atoms with van der Waals surface area (Å²) in [6.45, 7) is 0.206. The maximum absolute atomic E-state index is 12.4. The topological polar surface area (TPSA) is 33.1 Å². The van der Waals surface area contributed by atoms with E-state index in [2.05, 4.69) is 4.98 Å². The highest BCUT2D eigenvalue weighted by Crippen LogP contribution is 2.36. The zero-order chi connectivity index (χ0) is 13.2. The van der Waals surface area contributed by atoms with Crippen LogP contribution in [0.3, 0.4) is 0 Å². The van der Waals surface area contributed by atoms with Crippen LogP contribution in [0.1, 0.15) is 42.9 Å². The molecule has 2 rings (SSSR count). The molecule has 0 amide bonds. The van der Waals surface area contributed by atoms with Crippen LogP contribution >= 0.6 is 0 Å². The number of aromatic nitrogens is 1. The fraction of sp³-hybridized carbons (Fsp3) is 0.615. The fourth-order valence-corrected chi connectivity index (χ4v) is 2.49. The van der Waals surface area contributed by atoms with E-state index in [1.807, 2.05) is 0 Å². The summed E-state index contributed by atoms with van der Waals surface area (Å²) in [6, 6.07) is 2.58. The summed E-state index contributed by atoms with van der Waals surface area (Å²) in [6.07, 6.45) is 0.667. The zero-order valence-corrected chi connectivity index (χ0v) is 9.95. The summed E-state index contributed by atoms with van der Waals surface area (Å²) in [4.78, 5) is 3.49. The molecule has 0 aliphatic heterocycles. The molecule has 1 aliphatic carbocycles. The largest absolute Gasteiger partial charge is 0.433 e. The van der Waals surface area contributed by atoms with Crippen molar-refractivity contribution in [2.75, 3.05) is 6.61 Å². The van der Waals surface area contributed by atoms with Crippen molar-refractivity contribution in [3.05, 3.63) is 29.6 Å². The quantitative estimate of drug-likeness (QED) is 0.883. The molecule has 100 valence electrons. The molecule has 1 fully saturated rings. The molecule has 1 saturated carbocycles. The van der Waals surface area contributed by atoms with E-state index in [4.69, 9.17) is 5.11 Å². The lowest BCUT2D eigenvalue weighted by molar-refractivity contribution is -0.141. The van der Waals surface area contributed by atoms with Crippen LogP contribution in [0, 0.1) is 5.92 Å². The Labute approximate surface area is 104 Å². The zero-order valence-electron chi connectivity index (χ0n) is 9.95. The number of nitrogens with zero attached hydrogens (tertiary/aromatic N) is 1. The lowest BCUT2D eigenvalue weighted by Gasteiger charge is -2.27. The second-order valence-electron chi connectivity index (χ2n) is 4.87. The minimum absolute atomic E-state index is 0.206. The molecule has 0 radical (unpaired) electrons. The van der Waals surface area contributed by atoms with Gasteiger partial charge in [-0.25, -0.2) is 0 Å². The molecule has 1 N–H and O–H groups in total. The van der Waals surface area contributed by atoms with E-state index in [1.54, 1.807) is 0 Å². The Morgan fingerprint density at radius 2 is 1.83 bits per heavy atom.